The molecule has 0 saturated carbocycles. The van der Waals surface area contributed by atoms with Crippen LogP contribution in [0.25, 0.3) is 22.8 Å². The number of ether oxygens (including phenoxy) is 2. The quantitative estimate of drug-likeness (QED) is 0.340. The Morgan fingerprint density at radius 3 is 2.50 bits per heavy atom. The van der Waals surface area contributed by atoms with Gasteiger partial charge < -0.3 is 14.0 Å². The van der Waals surface area contributed by atoms with Gasteiger partial charge in [-0.05, 0) is 74.2 Å². The number of hydrogen-bond donors (Lipinski definition) is 0. The summed E-state index contributed by atoms with van der Waals surface area (Å²) in [7, 11) is 0. The van der Waals surface area contributed by atoms with Gasteiger partial charge in [-0.15, -0.1) is 0 Å². The smallest absolute Gasteiger partial charge is 0.258 e. The van der Waals surface area contributed by atoms with Crippen molar-refractivity contribution in [3.63, 3.8) is 0 Å². The van der Waals surface area contributed by atoms with Gasteiger partial charge in [0.25, 0.3) is 5.89 Å². The molecule has 0 fully saturated rings. The van der Waals surface area contributed by atoms with E-state index in [1.54, 1.807) is 0 Å². The summed E-state index contributed by atoms with van der Waals surface area (Å²) in [4.78, 5) is 4.54. The summed E-state index contributed by atoms with van der Waals surface area (Å²) in [6.45, 7) is 2.88. The molecule has 1 aliphatic rings. The van der Waals surface area contributed by atoms with Crippen LogP contribution < -0.4 is 9.47 Å². The molecule has 1 atom stereocenters. The lowest BCUT2D eigenvalue weighted by Gasteiger charge is -2.22. The van der Waals surface area contributed by atoms with Crippen LogP contribution >= 0.6 is 15.9 Å². The Balaban J connectivity index is 1.41. The summed E-state index contributed by atoms with van der Waals surface area (Å²) in [5.74, 6) is 2.72. The molecule has 0 N–H and O–H groups in total. The van der Waals surface area contributed by atoms with E-state index >= 15 is 0 Å². The molecule has 156 valence electrons. The van der Waals surface area contributed by atoms with Crippen LogP contribution in [0, 0.1) is 0 Å². The zero-order valence-corrected chi connectivity index (χ0v) is 18.6. The van der Waals surface area contributed by atoms with Gasteiger partial charge in [-0.25, -0.2) is 0 Å². The Labute approximate surface area is 185 Å². The Kier molecular flexibility index (Phi) is 6.84. The van der Waals surface area contributed by atoms with Crippen molar-refractivity contribution in [2.45, 2.75) is 45.1 Å². The maximum absolute atomic E-state index is 6.09. The highest BCUT2D eigenvalue weighted by Crippen LogP contribution is 2.29. The van der Waals surface area contributed by atoms with Crippen LogP contribution in [0.5, 0.6) is 11.5 Å². The number of nitrogens with zero attached hydrogens (tertiary/aromatic N) is 2. The van der Waals surface area contributed by atoms with Crippen molar-refractivity contribution in [1.29, 1.82) is 0 Å². The third-order valence-corrected chi connectivity index (χ3v) is 5.84. The van der Waals surface area contributed by atoms with Gasteiger partial charge in [-0.3, -0.25) is 0 Å². The minimum Gasteiger partial charge on any atom is -0.494 e. The molecule has 0 amide bonds. The average molecular weight is 469 g/mol. The predicted molar refractivity (Wildman–Crippen MR) is 121 cm³/mol. The molecular formula is C24H25BrN2O3. The second-order valence-corrected chi connectivity index (χ2v) is 8.22. The monoisotopic (exact) mass is 468 g/mol. The lowest BCUT2D eigenvalue weighted by atomic mass is 10.1. The van der Waals surface area contributed by atoms with Crippen molar-refractivity contribution in [1.82, 2.24) is 10.1 Å². The first kappa shape index (κ1) is 20.7. The molecule has 3 aromatic rings. The number of aromatic nitrogens is 2. The standard InChI is InChI=1S/C24H25BrN2O3/c1-2-3-16-28-19-12-10-18(11-13-19)24-26-23(27-30-24)17-8-14-20(15-9-17)29-22-7-5-4-6-21(22)25/h6,8-15,22H,2-5,7,16H2,1H3. The minimum atomic E-state index is 0.0929. The summed E-state index contributed by atoms with van der Waals surface area (Å²) in [6, 6.07) is 15.5. The predicted octanol–water partition coefficient (Wildman–Crippen LogP) is 6.79. The molecule has 0 radical (unpaired) electrons. The van der Waals surface area contributed by atoms with E-state index < -0.39 is 0 Å². The lowest BCUT2D eigenvalue weighted by Crippen LogP contribution is -2.19. The first-order chi connectivity index (χ1) is 14.7. The molecule has 0 aliphatic heterocycles. The zero-order chi connectivity index (χ0) is 20.8. The molecule has 0 spiro atoms. The highest BCUT2D eigenvalue weighted by Gasteiger charge is 2.17. The van der Waals surface area contributed by atoms with Crippen molar-refractivity contribution in [2.75, 3.05) is 6.61 Å². The second-order valence-electron chi connectivity index (χ2n) is 7.30. The van der Waals surface area contributed by atoms with E-state index in [2.05, 4.69) is 39.1 Å². The minimum absolute atomic E-state index is 0.0929. The highest BCUT2D eigenvalue weighted by atomic mass is 79.9. The van der Waals surface area contributed by atoms with E-state index in [4.69, 9.17) is 14.0 Å². The molecular weight excluding hydrogens is 444 g/mol. The third kappa shape index (κ3) is 5.11. The largest absolute Gasteiger partial charge is 0.494 e. The van der Waals surface area contributed by atoms with Gasteiger partial charge in [0.1, 0.15) is 17.6 Å². The first-order valence-electron chi connectivity index (χ1n) is 10.4. The van der Waals surface area contributed by atoms with E-state index in [0.29, 0.717) is 11.7 Å². The molecule has 1 heterocycles. The summed E-state index contributed by atoms with van der Waals surface area (Å²) < 4.78 is 18.4. The summed E-state index contributed by atoms with van der Waals surface area (Å²) in [5.41, 5.74) is 1.75. The van der Waals surface area contributed by atoms with Crippen molar-refractivity contribution < 1.29 is 14.0 Å². The van der Waals surface area contributed by atoms with Gasteiger partial charge in [0.15, 0.2) is 0 Å². The second kappa shape index (κ2) is 9.94. The van der Waals surface area contributed by atoms with Crippen LogP contribution in [0.2, 0.25) is 0 Å². The van der Waals surface area contributed by atoms with Crippen LogP contribution in [0.1, 0.15) is 39.0 Å². The van der Waals surface area contributed by atoms with E-state index in [1.165, 1.54) is 0 Å². The lowest BCUT2D eigenvalue weighted by molar-refractivity contribution is 0.227. The fourth-order valence-corrected chi connectivity index (χ4v) is 3.81. The Morgan fingerprint density at radius 2 is 1.77 bits per heavy atom. The Morgan fingerprint density at radius 1 is 1.03 bits per heavy atom. The van der Waals surface area contributed by atoms with Crippen LogP contribution in [0.15, 0.2) is 63.6 Å². The van der Waals surface area contributed by atoms with Gasteiger partial charge in [0.05, 0.1) is 6.61 Å². The topological polar surface area (TPSA) is 57.4 Å². The number of halogens is 1. The number of hydrogen-bond acceptors (Lipinski definition) is 5. The van der Waals surface area contributed by atoms with Crippen LogP contribution in [-0.4, -0.2) is 22.9 Å². The summed E-state index contributed by atoms with van der Waals surface area (Å²) in [5, 5.41) is 4.13. The maximum Gasteiger partial charge on any atom is 0.258 e. The van der Waals surface area contributed by atoms with Crippen molar-refractivity contribution in [3.8, 4) is 34.3 Å². The Bertz CT molecular complexity index is 980. The van der Waals surface area contributed by atoms with Gasteiger partial charge in [-0.1, -0.05) is 40.5 Å². The first-order valence-corrected chi connectivity index (χ1v) is 11.2. The van der Waals surface area contributed by atoms with Crippen LogP contribution in [-0.2, 0) is 0 Å². The van der Waals surface area contributed by atoms with Crippen LogP contribution in [0.3, 0.4) is 0 Å². The van der Waals surface area contributed by atoms with Gasteiger partial charge in [0, 0.05) is 15.6 Å². The van der Waals surface area contributed by atoms with Gasteiger partial charge in [-0.2, -0.15) is 4.98 Å². The molecule has 0 bridgehead atoms. The molecule has 1 aliphatic carbocycles. The summed E-state index contributed by atoms with van der Waals surface area (Å²) in [6.07, 6.45) is 7.72. The molecule has 1 aromatic heterocycles. The normalized spacial score (nSPS) is 16.2. The van der Waals surface area contributed by atoms with E-state index in [0.717, 1.165) is 65.8 Å². The summed E-state index contributed by atoms with van der Waals surface area (Å²) >= 11 is 3.60. The molecule has 4 rings (SSSR count). The van der Waals surface area contributed by atoms with Crippen molar-refractivity contribution in [2.24, 2.45) is 0 Å². The number of benzene rings is 2. The highest BCUT2D eigenvalue weighted by molar-refractivity contribution is 9.11. The van der Waals surface area contributed by atoms with E-state index in [-0.39, 0.29) is 6.10 Å². The number of rotatable bonds is 8. The fourth-order valence-electron chi connectivity index (χ4n) is 3.26. The molecule has 6 heteroatoms. The fraction of sp³-hybridized carbons (Fsp3) is 0.333. The SMILES string of the molecule is CCCCOc1ccc(-c2nc(-c3ccc(OC4CCCC=C4Br)cc3)no2)cc1. The molecule has 0 saturated heterocycles. The van der Waals surface area contributed by atoms with E-state index in [1.807, 2.05) is 48.5 Å². The zero-order valence-electron chi connectivity index (χ0n) is 17.0. The average Bonchev–Trinajstić information content (AvgIpc) is 3.27. The Hall–Kier alpha value is -2.60. The van der Waals surface area contributed by atoms with Gasteiger partial charge >= 0.3 is 0 Å². The van der Waals surface area contributed by atoms with Crippen LogP contribution in [0.4, 0.5) is 0 Å². The maximum atomic E-state index is 6.09. The number of allylic oxidation sites excluding steroid dienone is 1. The van der Waals surface area contributed by atoms with Gasteiger partial charge in [0.2, 0.25) is 5.82 Å². The van der Waals surface area contributed by atoms with Crippen molar-refractivity contribution >= 4 is 15.9 Å². The van der Waals surface area contributed by atoms with Crippen molar-refractivity contribution in [3.05, 3.63) is 59.1 Å². The molecule has 5 nitrogen and oxygen atoms in total. The molecule has 30 heavy (non-hydrogen) atoms. The van der Waals surface area contributed by atoms with E-state index in [9.17, 15) is 0 Å². The molecule has 2 aromatic carbocycles. The molecule has 1 unspecified atom stereocenters. The third-order valence-electron chi connectivity index (χ3n) is 5.00. The number of unbranched alkanes of at least 4 members (excludes halogenated alkanes) is 1.